The largest absolute Gasteiger partial charge is 0.494 e. The van der Waals surface area contributed by atoms with E-state index in [2.05, 4.69) is 63.3 Å². The molecule has 1 saturated carbocycles. The van der Waals surface area contributed by atoms with Crippen LogP contribution in [0.15, 0.2) is 35.3 Å². The first-order chi connectivity index (χ1) is 18.4. The quantitative estimate of drug-likeness (QED) is 0.586. The molecule has 0 aromatic heterocycles. The molecule has 2 aromatic rings. The lowest BCUT2D eigenvalue weighted by Crippen LogP contribution is -2.55. The average molecular weight is 531 g/mol. The fourth-order valence-electron chi connectivity index (χ4n) is 6.32. The molecule has 3 aliphatic heterocycles. The zero-order chi connectivity index (χ0) is 27.9. The molecule has 0 spiro atoms. The Morgan fingerprint density at radius 2 is 1.82 bits per heavy atom. The number of carbonyl (C=O) groups excluding carboxylic acids is 2. The van der Waals surface area contributed by atoms with Crippen molar-refractivity contribution in [3.05, 3.63) is 35.9 Å². The third kappa shape index (κ3) is 4.34. The maximum Gasteiger partial charge on any atom is 0.494 e. The highest BCUT2D eigenvalue weighted by Gasteiger charge is 2.56. The van der Waals surface area contributed by atoms with Gasteiger partial charge in [-0.05, 0) is 80.2 Å². The lowest BCUT2D eigenvalue weighted by Gasteiger charge is -2.33. The van der Waals surface area contributed by atoms with Crippen molar-refractivity contribution in [2.75, 3.05) is 7.11 Å². The molecule has 2 saturated heterocycles. The van der Waals surface area contributed by atoms with E-state index >= 15 is 0 Å². The van der Waals surface area contributed by atoms with Crippen molar-refractivity contribution in [1.29, 1.82) is 0 Å². The summed E-state index contributed by atoms with van der Waals surface area (Å²) in [5.41, 5.74) is 3.43. The van der Waals surface area contributed by atoms with Crippen molar-refractivity contribution in [1.82, 2.24) is 10.2 Å². The Hall–Kier alpha value is -2.91. The monoisotopic (exact) mass is 531 g/mol. The molecule has 3 fully saturated rings. The van der Waals surface area contributed by atoms with Crippen LogP contribution in [0, 0.1) is 11.8 Å². The highest BCUT2D eigenvalue weighted by Crippen LogP contribution is 2.50. The second-order valence-electron chi connectivity index (χ2n) is 12.8. The van der Waals surface area contributed by atoms with Gasteiger partial charge in [0.15, 0.2) is 0 Å². The zero-order valence-electron chi connectivity index (χ0n) is 23.9. The topological polar surface area (TPSA) is 89.5 Å². The first-order valence-corrected chi connectivity index (χ1v) is 14.1. The minimum absolute atomic E-state index is 0.0408. The second-order valence-corrected chi connectivity index (χ2v) is 12.8. The Bertz CT molecular complexity index is 1370. The number of nitrogens with one attached hydrogen (secondary N) is 1. The van der Waals surface area contributed by atoms with Crippen LogP contribution in [0.5, 0.6) is 0 Å². The molecule has 0 bridgehead atoms. The number of piperidine rings is 1. The van der Waals surface area contributed by atoms with Crippen molar-refractivity contribution in [3.8, 4) is 0 Å². The predicted molar refractivity (Wildman–Crippen MR) is 152 cm³/mol. The fraction of sp³-hybridized carbons (Fsp3) is 0.567. The van der Waals surface area contributed by atoms with Crippen molar-refractivity contribution in [2.24, 2.45) is 16.8 Å². The number of methoxy groups -OCH3 is 1. The summed E-state index contributed by atoms with van der Waals surface area (Å²) < 4.78 is 17.3. The lowest BCUT2D eigenvalue weighted by atomic mass is 9.78. The Morgan fingerprint density at radius 1 is 1.10 bits per heavy atom. The van der Waals surface area contributed by atoms with Gasteiger partial charge in [0.2, 0.25) is 5.91 Å². The van der Waals surface area contributed by atoms with Crippen molar-refractivity contribution in [3.63, 3.8) is 0 Å². The minimum Gasteiger partial charge on any atom is -0.453 e. The molecule has 1 N–H and O–H groups in total. The van der Waals surface area contributed by atoms with Gasteiger partial charge >= 0.3 is 13.2 Å². The molecule has 0 radical (unpaired) electrons. The van der Waals surface area contributed by atoms with Crippen LogP contribution in [0.3, 0.4) is 0 Å². The number of aliphatic imine (C=N–C) groups is 1. The number of nitrogens with zero attached hydrogens (tertiary/aromatic N) is 2. The smallest absolute Gasteiger partial charge is 0.453 e. The van der Waals surface area contributed by atoms with Crippen LogP contribution < -0.4 is 10.8 Å². The number of carbonyl (C=O) groups is 2. The molecule has 9 heteroatoms. The van der Waals surface area contributed by atoms with Gasteiger partial charge < -0.3 is 24.3 Å². The maximum absolute atomic E-state index is 13.8. The molecular formula is C30H38BN3O5. The summed E-state index contributed by atoms with van der Waals surface area (Å²) in [6.07, 6.45) is 2.08. The van der Waals surface area contributed by atoms with Gasteiger partial charge in [-0.1, -0.05) is 38.1 Å². The number of fused-ring (bicyclic) bond motifs is 4. The summed E-state index contributed by atoms with van der Waals surface area (Å²) in [7, 11) is 0.914. The van der Waals surface area contributed by atoms with Gasteiger partial charge in [-0.3, -0.25) is 9.79 Å². The Morgan fingerprint density at radius 3 is 2.49 bits per heavy atom. The number of ether oxygens (including phenoxy) is 1. The van der Waals surface area contributed by atoms with E-state index in [1.165, 1.54) is 18.1 Å². The van der Waals surface area contributed by atoms with E-state index in [-0.39, 0.29) is 35.1 Å². The van der Waals surface area contributed by atoms with Crippen LogP contribution in [0.1, 0.15) is 59.9 Å². The van der Waals surface area contributed by atoms with Crippen molar-refractivity contribution in [2.45, 2.75) is 90.1 Å². The van der Waals surface area contributed by atoms with Crippen molar-refractivity contribution < 1.29 is 23.6 Å². The first kappa shape index (κ1) is 26.3. The van der Waals surface area contributed by atoms with Crippen LogP contribution in [0.4, 0.5) is 10.5 Å². The number of hydrogen-bond donors (Lipinski definition) is 1. The summed E-state index contributed by atoms with van der Waals surface area (Å²) in [6.45, 7) is 12.2. The van der Waals surface area contributed by atoms with Crippen LogP contribution in [0.25, 0.3) is 10.8 Å². The van der Waals surface area contributed by atoms with Crippen LogP contribution in [0.2, 0.25) is 0 Å². The average Bonchev–Trinajstić information content (AvgIpc) is 3.24. The molecular weight excluding hydrogens is 493 g/mol. The maximum atomic E-state index is 13.8. The van der Waals surface area contributed by atoms with E-state index in [9.17, 15) is 9.59 Å². The molecule has 0 unspecified atom stereocenters. The number of likely N-dealkylation sites (tertiary alicyclic amines) is 1. The van der Waals surface area contributed by atoms with Gasteiger partial charge in [-0.15, -0.1) is 0 Å². The SMILES string of the molecule is COC(=O)N[C@H](C(=O)N1[C@@H]2C[C@@H]2C[C@H]1C1=Nc2ccc3cc(B4OC(C)(C)C(C)(C)O4)ccc3c2C1)C(C)C. The summed E-state index contributed by atoms with van der Waals surface area (Å²) in [6, 6.07) is 10.1. The molecule has 2 aromatic carbocycles. The van der Waals surface area contributed by atoms with Gasteiger partial charge in [-0.2, -0.15) is 0 Å². The van der Waals surface area contributed by atoms with Gasteiger partial charge in [-0.25, -0.2) is 4.79 Å². The highest BCUT2D eigenvalue weighted by molar-refractivity contribution is 6.62. The molecule has 39 heavy (non-hydrogen) atoms. The Labute approximate surface area is 230 Å². The van der Waals surface area contributed by atoms with Gasteiger partial charge in [0.1, 0.15) is 6.04 Å². The molecule has 206 valence electrons. The van der Waals surface area contributed by atoms with Crippen LogP contribution in [-0.4, -0.2) is 66.2 Å². The molecule has 3 heterocycles. The molecule has 8 nitrogen and oxygen atoms in total. The van der Waals surface area contributed by atoms with E-state index in [4.69, 9.17) is 19.0 Å². The number of hydrogen-bond acceptors (Lipinski definition) is 6. The molecule has 4 aliphatic rings. The zero-order valence-corrected chi connectivity index (χ0v) is 23.9. The third-order valence-corrected chi connectivity index (χ3v) is 9.41. The summed E-state index contributed by atoms with van der Waals surface area (Å²) in [4.78, 5) is 32.8. The Balaban J connectivity index is 1.24. The molecule has 6 rings (SSSR count). The standard InChI is InChI=1S/C30H38BN3O5/c1-16(2)26(33-28(36)37-7)27(35)34-24-13-18(24)14-25(34)23-15-21-20-10-9-19(12-17(20)8-11-22(21)32-23)31-38-29(3,4)30(5,6)39-31/h8-12,16,18,24-26H,13-15H2,1-7H3,(H,33,36)/t18-,24-,25+,26+/m1/s1. The molecule has 1 aliphatic carbocycles. The third-order valence-electron chi connectivity index (χ3n) is 9.41. The summed E-state index contributed by atoms with van der Waals surface area (Å²) >= 11 is 0. The number of benzene rings is 2. The van der Waals surface area contributed by atoms with Gasteiger partial charge in [0.25, 0.3) is 0 Å². The van der Waals surface area contributed by atoms with Crippen molar-refractivity contribution >= 4 is 46.8 Å². The summed E-state index contributed by atoms with van der Waals surface area (Å²) in [5.74, 6) is 0.413. The van der Waals surface area contributed by atoms with E-state index in [0.717, 1.165) is 35.1 Å². The number of alkyl carbamates (subject to hydrolysis) is 1. The second kappa shape index (κ2) is 9.06. The van der Waals surface area contributed by atoms with E-state index < -0.39 is 19.3 Å². The Kier molecular flexibility index (Phi) is 6.12. The first-order valence-electron chi connectivity index (χ1n) is 14.1. The minimum atomic E-state index is -0.627. The lowest BCUT2D eigenvalue weighted by molar-refractivity contribution is -0.135. The molecule has 2 amide bonds. The number of rotatable bonds is 5. The predicted octanol–water partition coefficient (Wildman–Crippen LogP) is 4.14. The highest BCUT2D eigenvalue weighted by atomic mass is 16.7. The van der Waals surface area contributed by atoms with E-state index in [1.54, 1.807) is 0 Å². The molecule has 4 atom stereocenters. The van der Waals surface area contributed by atoms with E-state index in [0.29, 0.717) is 12.3 Å². The fourth-order valence-corrected chi connectivity index (χ4v) is 6.32. The van der Waals surface area contributed by atoms with Crippen LogP contribution in [-0.2, 0) is 25.3 Å². The summed E-state index contributed by atoms with van der Waals surface area (Å²) in [5, 5.41) is 5.05. The van der Waals surface area contributed by atoms with E-state index in [1.807, 2.05) is 18.7 Å². The number of amides is 2. The normalized spacial score (nSPS) is 26.9. The van der Waals surface area contributed by atoms with Gasteiger partial charge in [0.05, 0.1) is 30.0 Å². The van der Waals surface area contributed by atoms with Crippen LogP contribution >= 0.6 is 0 Å². The van der Waals surface area contributed by atoms with Gasteiger partial charge in [0, 0.05) is 18.2 Å².